The summed E-state index contributed by atoms with van der Waals surface area (Å²) in [4.78, 5) is 12.7. The Hall–Kier alpha value is -2.26. The fraction of sp³-hybridized carbons (Fsp3) is 0.429. The van der Waals surface area contributed by atoms with Crippen LogP contribution in [-0.4, -0.2) is 34.8 Å². The molecule has 1 aliphatic rings. The summed E-state index contributed by atoms with van der Waals surface area (Å²) in [5, 5.41) is 19.5. The average Bonchev–Trinajstić information content (AvgIpc) is 2.38. The molecule has 2 rings (SSSR count). The highest BCUT2D eigenvalue weighted by Gasteiger charge is 2.45. The van der Waals surface area contributed by atoms with E-state index in [1.807, 2.05) is 6.07 Å². The third kappa shape index (κ3) is 2.17. The SMILES string of the molecule is CN(C(N)=O)[C@@H]1c2cc(C#N)ccc2OC(C)(C)[C@@H]1O. The van der Waals surface area contributed by atoms with Crippen LogP contribution >= 0.6 is 0 Å². The van der Waals surface area contributed by atoms with Gasteiger partial charge in [-0.3, -0.25) is 0 Å². The van der Waals surface area contributed by atoms with Gasteiger partial charge in [0.15, 0.2) is 0 Å². The predicted molar refractivity (Wildman–Crippen MR) is 72.0 cm³/mol. The molecular weight excluding hydrogens is 258 g/mol. The maximum absolute atomic E-state index is 11.5. The van der Waals surface area contributed by atoms with Crippen LogP contribution in [0.2, 0.25) is 0 Å². The summed E-state index contributed by atoms with van der Waals surface area (Å²) >= 11 is 0. The second-order valence-corrected chi connectivity index (χ2v) is 5.41. The third-order valence-corrected chi connectivity index (χ3v) is 3.61. The molecule has 6 heteroatoms. The first-order valence-corrected chi connectivity index (χ1v) is 6.21. The van der Waals surface area contributed by atoms with Gasteiger partial charge in [0, 0.05) is 12.6 Å². The van der Waals surface area contributed by atoms with Crippen LogP contribution in [0.5, 0.6) is 5.75 Å². The van der Waals surface area contributed by atoms with E-state index in [0.29, 0.717) is 16.9 Å². The van der Waals surface area contributed by atoms with Gasteiger partial charge in [0.05, 0.1) is 17.7 Å². The fourth-order valence-corrected chi connectivity index (χ4v) is 2.39. The summed E-state index contributed by atoms with van der Waals surface area (Å²) in [6, 6.07) is 5.64. The Morgan fingerprint density at radius 2 is 2.20 bits per heavy atom. The van der Waals surface area contributed by atoms with E-state index in [4.69, 9.17) is 15.7 Å². The maximum Gasteiger partial charge on any atom is 0.315 e. The Morgan fingerprint density at radius 1 is 1.55 bits per heavy atom. The molecule has 1 aromatic rings. The zero-order valence-electron chi connectivity index (χ0n) is 11.6. The Balaban J connectivity index is 2.60. The molecule has 0 unspecified atom stereocenters. The molecule has 20 heavy (non-hydrogen) atoms. The first-order valence-electron chi connectivity index (χ1n) is 6.21. The molecule has 2 amide bonds. The van der Waals surface area contributed by atoms with Gasteiger partial charge in [-0.2, -0.15) is 5.26 Å². The molecule has 0 fully saturated rings. The molecule has 0 aromatic heterocycles. The quantitative estimate of drug-likeness (QED) is 0.802. The topological polar surface area (TPSA) is 99.6 Å². The smallest absolute Gasteiger partial charge is 0.315 e. The zero-order chi connectivity index (χ0) is 15.1. The highest BCUT2D eigenvalue weighted by Crippen LogP contribution is 2.42. The summed E-state index contributed by atoms with van der Waals surface area (Å²) < 4.78 is 5.75. The number of carbonyl (C=O) groups excluding carboxylic acids is 1. The van der Waals surface area contributed by atoms with Gasteiger partial charge in [-0.15, -0.1) is 0 Å². The van der Waals surface area contributed by atoms with Crippen molar-refractivity contribution in [2.24, 2.45) is 5.73 Å². The lowest BCUT2D eigenvalue weighted by Crippen LogP contribution is -2.54. The van der Waals surface area contributed by atoms with E-state index in [-0.39, 0.29) is 0 Å². The number of rotatable bonds is 1. The van der Waals surface area contributed by atoms with Crippen LogP contribution in [0.25, 0.3) is 0 Å². The third-order valence-electron chi connectivity index (χ3n) is 3.61. The molecule has 2 atom stereocenters. The number of ether oxygens (including phenoxy) is 1. The van der Waals surface area contributed by atoms with Crippen LogP contribution in [0.3, 0.4) is 0 Å². The Kier molecular flexibility index (Phi) is 3.32. The largest absolute Gasteiger partial charge is 0.485 e. The highest BCUT2D eigenvalue weighted by atomic mass is 16.5. The van der Waals surface area contributed by atoms with Crippen molar-refractivity contribution in [2.75, 3.05) is 7.05 Å². The second-order valence-electron chi connectivity index (χ2n) is 5.41. The molecule has 1 aromatic carbocycles. The molecule has 0 bridgehead atoms. The summed E-state index contributed by atoms with van der Waals surface area (Å²) in [6.07, 6.45) is -0.957. The zero-order valence-corrected chi connectivity index (χ0v) is 11.6. The number of fused-ring (bicyclic) bond motifs is 1. The van der Waals surface area contributed by atoms with Crippen molar-refractivity contribution in [1.82, 2.24) is 4.90 Å². The molecule has 0 aliphatic carbocycles. The number of nitriles is 1. The second kappa shape index (κ2) is 4.69. The van der Waals surface area contributed by atoms with E-state index in [1.165, 1.54) is 11.9 Å². The molecule has 1 heterocycles. The molecule has 106 valence electrons. The highest BCUT2D eigenvalue weighted by molar-refractivity contribution is 5.72. The number of nitrogens with zero attached hydrogens (tertiary/aromatic N) is 2. The van der Waals surface area contributed by atoms with Crippen molar-refractivity contribution in [2.45, 2.75) is 31.6 Å². The lowest BCUT2D eigenvalue weighted by Gasteiger charge is -2.44. The van der Waals surface area contributed by atoms with Crippen LogP contribution < -0.4 is 10.5 Å². The van der Waals surface area contributed by atoms with Crippen LogP contribution in [0.15, 0.2) is 18.2 Å². The molecule has 0 radical (unpaired) electrons. The molecule has 3 N–H and O–H groups in total. The minimum Gasteiger partial charge on any atom is -0.485 e. The maximum atomic E-state index is 11.5. The Morgan fingerprint density at radius 3 is 2.75 bits per heavy atom. The van der Waals surface area contributed by atoms with Gasteiger partial charge < -0.3 is 20.5 Å². The summed E-state index contributed by atoms with van der Waals surface area (Å²) in [7, 11) is 1.51. The number of hydrogen-bond donors (Lipinski definition) is 2. The van der Waals surface area contributed by atoms with E-state index >= 15 is 0 Å². The van der Waals surface area contributed by atoms with E-state index < -0.39 is 23.8 Å². The number of aliphatic hydroxyl groups excluding tert-OH is 1. The standard InChI is InChI=1S/C14H17N3O3/c1-14(2)12(18)11(17(3)13(16)19)9-6-8(7-15)4-5-10(9)20-14/h4-6,11-12,18H,1-3H3,(H2,16,19)/t11-,12-/m1/s1. The van der Waals surface area contributed by atoms with E-state index in [0.717, 1.165) is 0 Å². The van der Waals surface area contributed by atoms with Gasteiger partial charge in [-0.25, -0.2) is 4.79 Å². The van der Waals surface area contributed by atoms with Crippen LogP contribution in [0.4, 0.5) is 4.79 Å². The monoisotopic (exact) mass is 275 g/mol. The van der Waals surface area contributed by atoms with E-state index in [9.17, 15) is 9.90 Å². The molecule has 0 saturated heterocycles. The molecule has 1 aliphatic heterocycles. The Bertz CT molecular complexity index is 592. The number of amides is 2. The summed E-state index contributed by atoms with van der Waals surface area (Å²) in [6.45, 7) is 3.47. The van der Waals surface area contributed by atoms with Crippen molar-refractivity contribution in [3.8, 4) is 11.8 Å². The minimum atomic E-state index is -0.957. The predicted octanol–water partition coefficient (Wildman–Crippen LogP) is 1.14. The molecule has 0 saturated carbocycles. The normalized spacial score (nSPS) is 23.1. The molecule has 6 nitrogen and oxygen atoms in total. The number of aliphatic hydroxyl groups is 1. The number of hydrogen-bond acceptors (Lipinski definition) is 4. The minimum absolute atomic E-state index is 0.433. The number of nitrogens with two attached hydrogens (primary N) is 1. The van der Waals surface area contributed by atoms with Crippen LogP contribution in [0, 0.1) is 11.3 Å². The average molecular weight is 275 g/mol. The first kappa shape index (κ1) is 14.2. The lowest BCUT2D eigenvalue weighted by atomic mass is 9.85. The van der Waals surface area contributed by atoms with Gasteiger partial charge in [0.1, 0.15) is 17.5 Å². The summed E-state index contributed by atoms with van der Waals surface area (Å²) in [5.74, 6) is 0.539. The van der Waals surface area contributed by atoms with Crippen molar-refractivity contribution < 1.29 is 14.6 Å². The van der Waals surface area contributed by atoms with Gasteiger partial charge in [-0.1, -0.05) is 0 Å². The fourth-order valence-electron chi connectivity index (χ4n) is 2.39. The molecular formula is C14H17N3O3. The van der Waals surface area contributed by atoms with Gasteiger partial charge in [0.2, 0.25) is 0 Å². The number of likely N-dealkylation sites (N-methyl/N-ethyl adjacent to an activating group) is 1. The lowest BCUT2D eigenvalue weighted by molar-refractivity contribution is -0.0809. The number of primary amides is 1. The Labute approximate surface area is 117 Å². The van der Waals surface area contributed by atoms with Gasteiger partial charge in [0.25, 0.3) is 0 Å². The van der Waals surface area contributed by atoms with Crippen molar-refractivity contribution >= 4 is 6.03 Å². The van der Waals surface area contributed by atoms with Crippen LogP contribution in [-0.2, 0) is 0 Å². The van der Waals surface area contributed by atoms with E-state index in [1.54, 1.807) is 32.0 Å². The van der Waals surface area contributed by atoms with Gasteiger partial charge >= 0.3 is 6.03 Å². The van der Waals surface area contributed by atoms with Crippen molar-refractivity contribution in [3.63, 3.8) is 0 Å². The first-order chi connectivity index (χ1) is 9.27. The van der Waals surface area contributed by atoms with Gasteiger partial charge in [-0.05, 0) is 32.0 Å². The van der Waals surface area contributed by atoms with Crippen molar-refractivity contribution in [1.29, 1.82) is 5.26 Å². The van der Waals surface area contributed by atoms with Crippen LogP contribution in [0.1, 0.15) is 31.0 Å². The summed E-state index contributed by atoms with van der Waals surface area (Å²) in [5.41, 5.74) is 5.46. The number of benzene rings is 1. The molecule has 0 spiro atoms. The number of urea groups is 1. The van der Waals surface area contributed by atoms with Crippen molar-refractivity contribution in [3.05, 3.63) is 29.3 Å². The van der Waals surface area contributed by atoms with E-state index in [2.05, 4.69) is 0 Å². The number of carbonyl (C=O) groups is 1.